The van der Waals surface area contributed by atoms with Gasteiger partial charge in [-0.3, -0.25) is 0 Å². The molecule has 0 spiro atoms. The van der Waals surface area contributed by atoms with Crippen LogP contribution in [0.4, 0.5) is 10.5 Å². The number of amides is 1. The van der Waals surface area contributed by atoms with Crippen LogP contribution in [0.2, 0.25) is 5.15 Å². The number of anilines is 1. The van der Waals surface area contributed by atoms with Crippen LogP contribution in [0, 0.1) is 6.92 Å². The minimum atomic E-state index is -0.336. The molecule has 0 atom stereocenters. The van der Waals surface area contributed by atoms with Gasteiger partial charge in [0, 0.05) is 11.1 Å². The fraction of sp³-hybridized carbons (Fsp3) is 0.0667. The van der Waals surface area contributed by atoms with Crippen molar-refractivity contribution in [2.75, 3.05) is 5.32 Å². The molecule has 20 heavy (non-hydrogen) atoms. The Morgan fingerprint density at radius 1 is 1.15 bits per heavy atom. The molecule has 1 N–H and O–H groups in total. The van der Waals surface area contributed by atoms with Crippen LogP contribution in [0.5, 0.6) is 0 Å². The summed E-state index contributed by atoms with van der Waals surface area (Å²) >= 11 is 6.03. The lowest BCUT2D eigenvalue weighted by atomic mass is 10.2. The first-order valence-electron chi connectivity index (χ1n) is 6.16. The summed E-state index contributed by atoms with van der Waals surface area (Å²) in [6.07, 6.45) is 0. The number of halogens is 1. The molecule has 1 aromatic heterocycles. The van der Waals surface area contributed by atoms with Gasteiger partial charge in [0.2, 0.25) is 0 Å². The number of carbonyl (C=O) groups excluding carboxylic acids is 1. The number of carbonyl (C=O) groups is 1. The van der Waals surface area contributed by atoms with E-state index in [9.17, 15) is 4.79 Å². The molecule has 0 fully saturated rings. The largest absolute Gasteiger partial charge is 0.347 e. The first-order chi connectivity index (χ1) is 9.65. The fourth-order valence-electron chi connectivity index (χ4n) is 2.00. The van der Waals surface area contributed by atoms with Crippen LogP contribution in [-0.4, -0.2) is 15.8 Å². The van der Waals surface area contributed by atoms with Crippen molar-refractivity contribution in [2.45, 2.75) is 6.92 Å². The molecule has 0 aliphatic heterocycles. The van der Waals surface area contributed by atoms with Crippen molar-refractivity contribution >= 4 is 34.2 Å². The number of nitrogens with zero attached hydrogens (tertiary/aromatic N) is 2. The molecule has 4 nitrogen and oxygen atoms in total. The van der Waals surface area contributed by atoms with Crippen LogP contribution in [0.15, 0.2) is 48.5 Å². The Balaban J connectivity index is 1.95. The van der Waals surface area contributed by atoms with E-state index in [4.69, 9.17) is 11.6 Å². The Morgan fingerprint density at radius 2 is 1.85 bits per heavy atom. The molecule has 0 saturated heterocycles. The summed E-state index contributed by atoms with van der Waals surface area (Å²) in [4.78, 5) is 12.3. The number of hydrogen-bond donors (Lipinski definition) is 1. The molecule has 0 aliphatic rings. The molecule has 1 heterocycles. The van der Waals surface area contributed by atoms with Crippen LogP contribution in [-0.2, 0) is 0 Å². The van der Waals surface area contributed by atoms with Crippen LogP contribution in [0.25, 0.3) is 10.9 Å². The molecule has 100 valence electrons. The summed E-state index contributed by atoms with van der Waals surface area (Å²) in [7, 11) is 0. The summed E-state index contributed by atoms with van der Waals surface area (Å²) < 4.78 is 1.28. The summed E-state index contributed by atoms with van der Waals surface area (Å²) in [6, 6.07) is 14.6. The van der Waals surface area contributed by atoms with Crippen LogP contribution in [0.3, 0.4) is 0 Å². The predicted octanol–water partition coefficient (Wildman–Crippen LogP) is 4.08. The maximum absolute atomic E-state index is 12.3. The summed E-state index contributed by atoms with van der Waals surface area (Å²) in [6.45, 7) is 1.99. The number of benzene rings is 2. The second-order valence-corrected chi connectivity index (χ2v) is 4.87. The number of para-hydroxylation sites is 1. The zero-order valence-electron chi connectivity index (χ0n) is 10.8. The topological polar surface area (TPSA) is 46.9 Å². The van der Waals surface area contributed by atoms with Gasteiger partial charge in [0.05, 0.1) is 5.52 Å². The third kappa shape index (κ3) is 2.26. The zero-order valence-corrected chi connectivity index (χ0v) is 11.6. The number of aryl methyl sites for hydroxylation is 1. The molecule has 0 aliphatic carbocycles. The molecule has 1 amide bonds. The minimum absolute atomic E-state index is 0.319. The van der Waals surface area contributed by atoms with E-state index in [1.54, 1.807) is 0 Å². The Hall–Kier alpha value is -2.33. The van der Waals surface area contributed by atoms with Gasteiger partial charge in [0.1, 0.15) is 0 Å². The van der Waals surface area contributed by atoms with Gasteiger partial charge < -0.3 is 5.32 Å². The van der Waals surface area contributed by atoms with Crippen molar-refractivity contribution < 1.29 is 4.79 Å². The van der Waals surface area contributed by atoms with E-state index in [1.807, 2.05) is 55.5 Å². The third-order valence-corrected chi connectivity index (χ3v) is 3.32. The third-order valence-electron chi connectivity index (χ3n) is 3.04. The van der Waals surface area contributed by atoms with Gasteiger partial charge in [0.15, 0.2) is 5.15 Å². The predicted molar refractivity (Wildman–Crippen MR) is 80.3 cm³/mol. The first kappa shape index (κ1) is 12.7. The number of fused-ring (bicyclic) bond motifs is 1. The quantitative estimate of drug-likeness (QED) is 0.732. The van der Waals surface area contributed by atoms with Gasteiger partial charge in [0.25, 0.3) is 0 Å². The normalized spacial score (nSPS) is 10.7. The van der Waals surface area contributed by atoms with E-state index in [0.29, 0.717) is 10.7 Å². The molecule has 0 bridgehead atoms. The molecule has 3 aromatic rings. The minimum Gasteiger partial charge on any atom is -0.306 e. The molecular weight excluding hydrogens is 274 g/mol. The molecule has 3 rings (SSSR count). The van der Waals surface area contributed by atoms with E-state index >= 15 is 0 Å². The van der Waals surface area contributed by atoms with Gasteiger partial charge in [-0.05, 0) is 31.2 Å². The lowest BCUT2D eigenvalue weighted by Crippen LogP contribution is -2.20. The van der Waals surface area contributed by atoms with Crippen molar-refractivity contribution in [3.63, 3.8) is 0 Å². The number of aromatic nitrogens is 2. The van der Waals surface area contributed by atoms with E-state index in [0.717, 1.165) is 16.6 Å². The summed E-state index contributed by atoms with van der Waals surface area (Å²) in [5.74, 6) is 0. The Bertz CT molecular complexity index is 777. The van der Waals surface area contributed by atoms with Crippen molar-refractivity contribution in [3.8, 4) is 0 Å². The van der Waals surface area contributed by atoms with Crippen molar-refractivity contribution in [1.29, 1.82) is 0 Å². The van der Waals surface area contributed by atoms with Crippen molar-refractivity contribution in [3.05, 3.63) is 59.2 Å². The van der Waals surface area contributed by atoms with Crippen molar-refractivity contribution in [2.24, 2.45) is 0 Å². The Kier molecular flexibility index (Phi) is 3.16. The zero-order chi connectivity index (χ0) is 14.1. The maximum Gasteiger partial charge on any atom is 0.347 e. The maximum atomic E-state index is 12.3. The summed E-state index contributed by atoms with van der Waals surface area (Å²) in [5, 5.41) is 7.94. The van der Waals surface area contributed by atoms with Gasteiger partial charge >= 0.3 is 6.03 Å². The van der Waals surface area contributed by atoms with Crippen molar-refractivity contribution in [1.82, 2.24) is 9.78 Å². The highest BCUT2D eigenvalue weighted by molar-refractivity contribution is 6.34. The van der Waals surface area contributed by atoms with Gasteiger partial charge in [-0.1, -0.05) is 41.4 Å². The highest BCUT2D eigenvalue weighted by Crippen LogP contribution is 2.22. The first-order valence-corrected chi connectivity index (χ1v) is 6.54. The lowest BCUT2D eigenvalue weighted by Gasteiger charge is -2.06. The fourth-order valence-corrected chi connectivity index (χ4v) is 2.23. The van der Waals surface area contributed by atoms with E-state index in [1.165, 1.54) is 4.68 Å². The molecular formula is C15H12ClN3O. The van der Waals surface area contributed by atoms with E-state index in [2.05, 4.69) is 10.4 Å². The molecule has 2 aromatic carbocycles. The number of hydrogen-bond acceptors (Lipinski definition) is 2. The average Bonchev–Trinajstić information content (AvgIpc) is 2.79. The lowest BCUT2D eigenvalue weighted by molar-refractivity contribution is 0.252. The highest BCUT2D eigenvalue weighted by atomic mass is 35.5. The second kappa shape index (κ2) is 4.98. The number of nitrogens with one attached hydrogen (secondary N) is 1. The molecule has 0 unspecified atom stereocenters. The average molecular weight is 286 g/mol. The molecule has 0 radical (unpaired) electrons. The van der Waals surface area contributed by atoms with Crippen LogP contribution < -0.4 is 5.32 Å². The molecule has 5 heteroatoms. The van der Waals surface area contributed by atoms with Gasteiger partial charge in [-0.15, -0.1) is 0 Å². The Labute approximate surface area is 121 Å². The van der Waals surface area contributed by atoms with E-state index < -0.39 is 0 Å². The smallest absolute Gasteiger partial charge is 0.306 e. The monoisotopic (exact) mass is 285 g/mol. The Morgan fingerprint density at radius 3 is 2.60 bits per heavy atom. The van der Waals surface area contributed by atoms with Crippen LogP contribution >= 0.6 is 11.6 Å². The van der Waals surface area contributed by atoms with Crippen LogP contribution in [0.1, 0.15) is 5.56 Å². The number of rotatable bonds is 1. The summed E-state index contributed by atoms with van der Waals surface area (Å²) in [5.41, 5.74) is 2.54. The van der Waals surface area contributed by atoms with Gasteiger partial charge in [-0.2, -0.15) is 9.78 Å². The second-order valence-electron chi connectivity index (χ2n) is 4.52. The SMILES string of the molecule is Cc1ccc(NC(=O)n2nc(Cl)c3ccccc32)cc1. The standard InChI is InChI=1S/C15H12ClN3O/c1-10-6-8-11(9-7-10)17-15(20)19-13-5-3-2-4-12(13)14(16)18-19/h2-9H,1H3,(H,17,20). The van der Waals surface area contributed by atoms with Gasteiger partial charge in [-0.25, -0.2) is 4.79 Å². The highest BCUT2D eigenvalue weighted by Gasteiger charge is 2.13. The van der Waals surface area contributed by atoms with E-state index in [-0.39, 0.29) is 6.03 Å². The molecule has 0 saturated carbocycles.